The average Bonchev–Trinajstić information content (AvgIpc) is 3.18. The van der Waals surface area contributed by atoms with Crippen LogP contribution < -0.4 is 0 Å². The summed E-state index contributed by atoms with van der Waals surface area (Å²) >= 11 is 0. The van der Waals surface area contributed by atoms with Gasteiger partial charge in [0.25, 0.3) is 0 Å². The lowest BCUT2D eigenvalue weighted by molar-refractivity contribution is -0.161. The number of aliphatic hydroxyl groups is 1. The number of phosphoric acid groups is 2. The van der Waals surface area contributed by atoms with Gasteiger partial charge in [-0.05, 0) is 43.4 Å². The third-order valence-electron chi connectivity index (χ3n) is 17.0. The molecule has 0 aromatic rings. The van der Waals surface area contributed by atoms with E-state index >= 15 is 0 Å². The molecule has 0 bridgehead atoms. The molecule has 540 valence electrons. The molecule has 0 spiro atoms. The Bertz CT molecular complexity index is 1790. The van der Waals surface area contributed by atoms with E-state index in [4.69, 9.17) is 37.0 Å². The first-order chi connectivity index (χ1) is 43.8. The second kappa shape index (κ2) is 62.8. The number of hydrogen-bond donors (Lipinski definition) is 3. The number of rotatable bonds is 70. The summed E-state index contributed by atoms with van der Waals surface area (Å²) < 4.78 is 68.3. The molecule has 6 atom stereocenters. The van der Waals surface area contributed by atoms with Gasteiger partial charge in [-0.3, -0.25) is 37.3 Å². The van der Waals surface area contributed by atoms with Gasteiger partial charge in [0.15, 0.2) is 12.2 Å². The van der Waals surface area contributed by atoms with Crippen molar-refractivity contribution in [3.63, 3.8) is 0 Å². The minimum Gasteiger partial charge on any atom is -0.462 e. The van der Waals surface area contributed by atoms with E-state index in [1.54, 1.807) is 0 Å². The third kappa shape index (κ3) is 65.1. The summed E-state index contributed by atoms with van der Waals surface area (Å²) in [6, 6.07) is 0. The number of phosphoric ester groups is 2. The van der Waals surface area contributed by atoms with Crippen molar-refractivity contribution in [1.29, 1.82) is 0 Å². The van der Waals surface area contributed by atoms with E-state index in [1.807, 2.05) is 0 Å². The van der Waals surface area contributed by atoms with E-state index in [1.165, 1.54) is 167 Å². The highest BCUT2D eigenvalue weighted by molar-refractivity contribution is 7.47. The highest BCUT2D eigenvalue weighted by atomic mass is 31.2. The minimum atomic E-state index is -4.95. The average molecular weight is 1340 g/mol. The zero-order chi connectivity index (χ0) is 67.3. The lowest BCUT2D eigenvalue weighted by Gasteiger charge is -2.21. The maximum absolute atomic E-state index is 13.0. The Morgan fingerprint density at radius 2 is 0.560 bits per heavy atom. The second-order valence-corrected chi connectivity index (χ2v) is 30.1. The Morgan fingerprint density at radius 1 is 0.319 bits per heavy atom. The Morgan fingerprint density at radius 3 is 0.835 bits per heavy atom. The van der Waals surface area contributed by atoms with Crippen LogP contribution in [0.5, 0.6) is 0 Å². The van der Waals surface area contributed by atoms with Crippen LogP contribution in [0.15, 0.2) is 0 Å². The van der Waals surface area contributed by atoms with E-state index in [0.717, 1.165) is 114 Å². The molecular weight excluding hydrogens is 1200 g/mol. The van der Waals surface area contributed by atoms with Crippen molar-refractivity contribution in [3.8, 4) is 0 Å². The van der Waals surface area contributed by atoms with Crippen LogP contribution in [0.25, 0.3) is 0 Å². The van der Waals surface area contributed by atoms with Gasteiger partial charge in [-0.25, -0.2) is 9.13 Å². The lowest BCUT2D eigenvalue weighted by Crippen LogP contribution is -2.30. The van der Waals surface area contributed by atoms with E-state index < -0.39 is 97.5 Å². The summed E-state index contributed by atoms with van der Waals surface area (Å²) in [5, 5.41) is 10.6. The summed E-state index contributed by atoms with van der Waals surface area (Å²) in [7, 11) is -9.90. The molecule has 0 heterocycles. The van der Waals surface area contributed by atoms with Gasteiger partial charge < -0.3 is 33.8 Å². The first kappa shape index (κ1) is 89.1. The summed E-state index contributed by atoms with van der Waals surface area (Å²) in [6.07, 6.45) is 47.2. The van der Waals surface area contributed by atoms with Crippen LogP contribution in [0, 0.1) is 17.8 Å². The van der Waals surface area contributed by atoms with Crippen LogP contribution in [0.1, 0.15) is 363 Å². The summed E-state index contributed by atoms with van der Waals surface area (Å²) in [4.78, 5) is 72.6. The predicted molar refractivity (Wildman–Crippen MR) is 368 cm³/mol. The molecule has 3 N–H and O–H groups in total. The van der Waals surface area contributed by atoms with Crippen LogP contribution in [0.4, 0.5) is 0 Å². The molecule has 0 fully saturated rings. The maximum Gasteiger partial charge on any atom is 0.472 e. The number of ether oxygens (including phenoxy) is 4. The van der Waals surface area contributed by atoms with Gasteiger partial charge in [0, 0.05) is 25.7 Å². The van der Waals surface area contributed by atoms with Gasteiger partial charge >= 0.3 is 39.5 Å². The van der Waals surface area contributed by atoms with E-state index in [2.05, 4.69) is 48.5 Å². The highest BCUT2D eigenvalue weighted by Gasteiger charge is 2.30. The van der Waals surface area contributed by atoms with Gasteiger partial charge in [0.05, 0.1) is 26.4 Å². The Balaban J connectivity index is 5.23. The standard InChI is InChI=1S/C72H140O17P2/c1-8-10-11-12-13-14-15-22-25-31-39-46-53-69(74)82-59-67(88-71(76)55-48-41-32-26-23-20-18-16-17-19-21-24-29-36-43-50-63(3)4)61-86-90(78,79)84-57-66(73)58-85-91(80,81)87-62-68(60-83-70(75)54-47-40-35-34-38-45-52-65(7)9-2)89-72(77)56-49-42-33-28-27-30-37-44-51-64(5)6/h63-68,73H,8-62H2,1-7H3,(H,78,79)(H,80,81)/t65?,66-,67-,68-/m1/s1. The van der Waals surface area contributed by atoms with Crippen molar-refractivity contribution in [2.75, 3.05) is 39.6 Å². The molecule has 19 heteroatoms. The monoisotopic (exact) mass is 1340 g/mol. The van der Waals surface area contributed by atoms with Crippen molar-refractivity contribution in [1.82, 2.24) is 0 Å². The molecule has 0 rings (SSSR count). The van der Waals surface area contributed by atoms with Crippen LogP contribution in [0.3, 0.4) is 0 Å². The van der Waals surface area contributed by atoms with Crippen molar-refractivity contribution < 1.29 is 80.2 Å². The topological polar surface area (TPSA) is 237 Å². The number of carbonyl (C=O) groups is 4. The van der Waals surface area contributed by atoms with Gasteiger partial charge in [-0.1, -0.05) is 312 Å². The summed E-state index contributed by atoms with van der Waals surface area (Å²) in [5.74, 6) is 0.127. The molecule has 0 aliphatic heterocycles. The molecule has 0 aromatic carbocycles. The molecular formula is C72H140O17P2. The Hall–Kier alpha value is -1.94. The van der Waals surface area contributed by atoms with Crippen LogP contribution >= 0.6 is 15.6 Å². The molecule has 17 nitrogen and oxygen atoms in total. The normalized spacial score (nSPS) is 14.5. The van der Waals surface area contributed by atoms with E-state index in [0.29, 0.717) is 25.7 Å². The fraction of sp³-hybridized carbons (Fsp3) is 0.944. The number of aliphatic hydroxyl groups excluding tert-OH is 1. The molecule has 0 aromatic heterocycles. The SMILES string of the molecule is CCCCCCCCCCCCCCC(=O)OC[C@H](COP(=O)(O)OC[C@@H](O)COP(=O)(O)OC[C@@H](COC(=O)CCCCCCCCC(C)CC)OC(=O)CCCCCCCCCCC(C)C)OC(=O)CCCCCCCCCCCCCCCCCC(C)C. The van der Waals surface area contributed by atoms with E-state index in [-0.39, 0.29) is 25.7 Å². The predicted octanol–water partition coefficient (Wildman–Crippen LogP) is 20.6. The zero-order valence-corrected chi connectivity index (χ0v) is 61.1. The van der Waals surface area contributed by atoms with E-state index in [9.17, 15) is 43.2 Å². The molecule has 0 radical (unpaired) electrons. The molecule has 0 aliphatic carbocycles. The fourth-order valence-corrected chi connectivity index (χ4v) is 12.4. The van der Waals surface area contributed by atoms with Crippen LogP contribution in [-0.4, -0.2) is 96.7 Å². The Labute approximate surface area is 556 Å². The highest BCUT2D eigenvalue weighted by Crippen LogP contribution is 2.45. The zero-order valence-electron chi connectivity index (χ0n) is 59.3. The number of hydrogen-bond acceptors (Lipinski definition) is 15. The smallest absolute Gasteiger partial charge is 0.462 e. The molecule has 0 saturated carbocycles. The summed E-state index contributed by atoms with van der Waals surface area (Å²) in [5.41, 5.74) is 0. The summed E-state index contributed by atoms with van der Waals surface area (Å²) in [6.45, 7) is 11.8. The Kier molecular flexibility index (Phi) is 61.5. The maximum atomic E-state index is 13.0. The minimum absolute atomic E-state index is 0.103. The molecule has 0 saturated heterocycles. The van der Waals surface area contributed by atoms with Crippen molar-refractivity contribution >= 4 is 39.5 Å². The van der Waals surface area contributed by atoms with Gasteiger partial charge in [-0.15, -0.1) is 0 Å². The number of unbranched alkanes of at least 4 members (excludes halogenated alkanes) is 37. The van der Waals surface area contributed by atoms with Gasteiger partial charge in [0.2, 0.25) is 0 Å². The first-order valence-electron chi connectivity index (χ1n) is 37.4. The van der Waals surface area contributed by atoms with Gasteiger partial charge in [0.1, 0.15) is 19.3 Å². The second-order valence-electron chi connectivity index (χ2n) is 27.2. The fourth-order valence-electron chi connectivity index (χ4n) is 10.9. The van der Waals surface area contributed by atoms with Crippen molar-refractivity contribution in [2.24, 2.45) is 17.8 Å². The number of carbonyl (C=O) groups excluding carboxylic acids is 4. The quantitative estimate of drug-likeness (QED) is 0.0222. The van der Waals surface area contributed by atoms with Crippen LogP contribution in [0.2, 0.25) is 0 Å². The number of esters is 4. The van der Waals surface area contributed by atoms with Crippen molar-refractivity contribution in [3.05, 3.63) is 0 Å². The van der Waals surface area contributed by atoms with Crippen molar-refractivity contribution in [2.45, 2.75) is 381 Å². The van der Waals surface area contributed by atoms with Gasteiger partial charge in [-0.2, -0.15) is 0 Å². The molecule has 3 unspecified atom stereocenters. The molecule has 0 aliphatic rings. The largest absolute Gasteiger partial charge is 0.472 e. The molecule has 0 amide bonds. The molecule has 91 heavy (non-hydrogen) atoms. The third-order valence-corrected chi connectivity index (χ3v) is 18.9. The first-order valence-corrected chi connectivity index (χ1v) is 40.4. The lowest BCUT2D eigenvalue weighted by atomic mass is 10.00. The van der Waals surface area contributed by atoms with Crippen LogP contribution in [-0.2, 0) is 65.4 Å².